The summed E-state index contributed by atoms with van der Waals surface area (Å²) >= 11 is 0. The van der Waals surface area contributed by atoms with Gasteiger partial charge in [0.15, 0.2) is 0 Å². The van der Waals surface area contributed by atoms with Crippen LogP contribution in [0.4, 0.5) is 0 Å². The molecular weight excluding hydrogens is 260 g/mol. The van der Waals surface area contributed by atoms with Crippen LogP contribution < -0.4 is 10.5 Å². The molecule has 1 aromatic carbocycles. The highest BCUT2D eigenvalue weighted by molar-refractivity contribution is 7.89. The molecule has 0 amide bonds. The van der Waals surface area contributed by atoms with Crippen molar-refractivity contribution in [2.45, 2.75) is 50.1 Å². The second-order valence-corrected chi connectivity index (χ2v) is 7.05. The van der Waals surface area contributed by atoms with Gasteiger partial charge < -0.3 is 5.73 Å². The Labute approximate surface area is 115 Å². The van der Waals surface area contributed by atoms with Crippen LogP contribution in [0.15, 0.2) is 29.2 Å². The lowest BCUT2D eigenvalue weighted by molar-refractivity contribution is 0.538. The molecule has 106 valence electrons. The van der Waals surface area contributed by atoms with Gasteiger partial charge >= 0.3 is 0 Å². The number of hydrogen-bond donors (Lipinski definition) is 2. The van der Waals surface area contributed by atoms with Gasteiger partial charge in [-0.05, 0) is 49.8 Å². The van der Waals surface area contributed by atoms with E-state index < -0.39 is 10.0 Å². The largest absolute Gasteiger partial charge is 0.324 e. The fourth-order valence-electron chi connectivity index (χ4n) is 2.15. The predicted molar refractivity (Wildman–Crippen MR) is 76.2 cm³/mol. The van der Waals surface area contributed by atoms with Crippen molar-refractivity contribution in [3.63, 3.8) is 0 Å². The van der Waals surface area contributed by atoms with E-state index in [9.17, 15) is 8.42 Å². The van der Waals surface area contributed by atoms with E-state index in [0.717, 1.165) is 24.8 Å². The van der Waals surface area contributed by atoms with Crippen molar-refractivity contribution in [3.8, 4) is 0 Å². The molecular formula is C14H22N2O2S. The molecule has 0 aliphatic heterocycles. The summed E-state index contributed by atoms with van der Waals surface area (Å²) < 4.78 is 27.3. The average molecular weight is 282 g/mol. The van der Waals surface area contributed by atoms with Crippen molar-refractivity contribution < 1.29 is 8.42 Å². The molecule has 4 nitrogen and oxygen atoms in total. The zero-order chi connectivity index (χ0) is 14.0. The number of hydrogen-bond acceptors (Lipinski definition) is 3. The van der Waals surface area contributed by atoms with Crippen molar-refractivity contribution >= 4 is 10.0 Å². The zero-order valence-electron chi connectivity index (χ0n) is 11.5. The Morgan fingerprint density at radius 2 is 2.11 bits per heavy atom. The lowest BCUT2D eigenvalue weighted by Gasteiger charge is -2.15. The molecule has 1 aromatic rings. The molecule has 19 heavy (non-hydrogen) atoms. The quantitative estimate of drug-likeness (QED) is 0.840. The fraction of sp³-hybridized carbons (Fsp3) is 0.571. The van der Waals surface area contributed by atoms with Crippen LogP contribution in [0.2, 0.25) is 0 Å². The summed E-state index contributed by atoms with van der Waals surface area (Å²) in [5, 5.41) is 0. The predicted octanol–water partition coefficient (Wildman–Crippen LogP) is 2.17. The van der Waals surface area contributed by atoms with E-state index in [0.29, 0.717) is 10.8 Å². The van der Waals surface area contributed by atoms with E-state index in [2.05, 4.69) is 4.72 Å². The van der Waals surface area contributed by atoms with Crippen molar-refractivity contribution in [2.75, 3.05) is 0 Å². The molecule has 1 aliphatic carbocycles. The lowest BCUT2D eigenvalue weighted by atomic mass is 10.1. The van der Waals surface area contributed by atoms with E-state index in [-0.39, 0.29) is 12.1 Å². The van der Waals surface area contributed by atoms with Gasteiger partial charge in [0.1, 0.15) is 0 Å². The van der Waals surface area contributed by atoms with Crippen molar-refractivity contribution in [3.05, 3.63) is 29.8 Å². The fourth-order valence-corrected chi connectivity index (χ4v) is 3.52. The second kappa shape index (κ2) is 5.61. The molecule has 0 radical (unpaired) electrons. The highest BCUT2D eigenvalue weighted by Gasteiger charge is 2.31. The Balaban J connectivity index is 2.19. The first kappa shape index (κ1) is 14.5. The van der Waals surface area contributed by atoms with Gasteiger partial charge in [0.2, 0.25) is 10.0 Å². The molecule has 0 saturated heterocycles. The molecule has 1 saturated carbocycles. The van der Waals surface area contributed by atoms with Crippen molar-refractivity contribution in [1.82, 2.24) is 4.72 Å². The number of nitrogens with two attached hydrogens (primary N) is 1. The second-order valence-electron chi connectivity index (χ2n) is 5.33. The van der Waals surface area contributed by atoms with Gasteiger partial charge in [-0.1, -0.05) is 19.1 Å². The van der Waals surface area contributed by atoms with Gasteiger partial charge in [0, 0.05) is 12.1 Å². The summed E-state index contributed by atoms with van der Waals surface area (Å²) in [6.45, 7) is 3.91. The van der Waals surface area contributed by atoms with Gasteiger partial charge in [0.05, 0.1) is 4.90 Å². The summed E-state index contributed by atoms with van der Waals surface area (Å²) in [7, 11) is -3.43. The van der Waals surface area contributed by atoms with Crippen LogP contribution in [0.5, 0.6) is 0 Å². The summed E-state index contributed by atoms with van der Waals surface area (Å²) in [5.74, 6) is 0.496. The van der Waals surface area contributed by atoms with Crippen LogP contribution in [0.25, 0.3) is 0 Å². The molecule has 2 unspecified atom stereocenters. The van der Waals surface area contributed by atoms with E-state index >= 15 is 0 Å². The van der Waals surface area contributed by atoms with Gasteiger partial charge in [-0.2, -0.15) is 0 Å². The third kappa shape index (κ3) is 3.55. The maximum atomic E-state index is 12.3. The maximum Gasteiger partial charge on any atom is 0.240 e. The van der Waals surface area contributed by atoms with E-state index in [1.54, 1.807) is 18.2 Å². The van der Waals surface area contributed by atoms with Crippen LogP contribution >= 0.6 is 0 Å². The molecule has 2 rings (SSSR count). The smallest absolute Gasteiger partial charge is 0.240 e. The van der Waals surface area contributed by atoms with Crippen molar-refractivity contribution in [2.24, 2.45) is 11.7 Å². The average Bonchev–Trinajstić information content (AvgIpc) is 3.21. The first-order valence-electron chi connectivity index (χ1n) is 6.82. The summed E-state index contributed by atoms with van der Waals surface area (Å²) in [6.07, 6.45) is 3.02. The summed E-state index contributed by atoms with van der Waals surface area (Å²) in [6, 6.07) is 6.81. The summed E-state index contributed by atoms with van der Waals surface area (Å²) in [5.41, 5.74) is 6.82. The van der Waals surface area contributed by atoms with Crippen LogP contribution in [-0.4, -0.2) is 14.5 Å². The number of nitrogens with one attached hydrogen (secondary N) is 1. The van der Waals surface area contributed by atoms with Gasteiger partial charge in [-0.3, -0.25) is 0 Å². The van der Waals surface area contributed by atoms with Crippen LogP contribution in [-0.2, 0) is 10.0 Å². The summed E-state index contributed by atoms with van der Waals surface area (Å²) in [4.78, 5) is 0.307. The Kier molecular flexibility index (Phi) is 4.28. The number of rotatable bonds is 6. The Morgan fingerprint density at radius 3 is 2.68 bits per heavy atom. The minimum absolute atomic E-state index is 0.00787. The van der Waals surface area contributed by atoms with E-state index in [4.69, 9.17) is 5.73 Å². The minimum Gasteiger partial charge on any atom is -0.324 e. The van der Waals surface area contributed by atoms with Crippen LogP contribution in [0.3, 0.4) is 0 Å². The minimum atomic E-state index is -3.43. The third-order valence-corrected chi connectivity index (χ3v) is 5.26. The number of sulfonamides is 1. The van der Waals surface area contributed by atoms with Gasteiger partial charge in [-0.25, -0.2) is 13.1 Å². The highest BCUT2D eigenvalue weighted by atomic mass is 32.2. The van der Waals surface area contributed by atoms with Crippen LogP contribution in [0, 0.1) is 5.92 Å². The van der Waals surface area contributed by atoms with Crippen molar-refractivity contribution in [1.29, 1.82) is 0 Å². The monoisotopic (exact) mass is 282 g/mol. The number of benzene rings is 1. The molecule has 2 atom stereocenters. The molecule has 0 spiro atoms. The molecule has 5 heteroatoms. The van der Waals surface area contributed by atoms with E-state index in [1.165, 1.54) is 0 Å². The molecule has 0 heterocycles. The first-order chi connectivity index (χ1) is 8.94. The Morgan fingerprint density at radius 1 is 1.42 bits per heavy atom. The zero-order valence-corrected chi connectivity index (χ0v) is 12.3. The third-order valence-electron chi connectivity index (χ3n) is 3.71. The molecule has 3 N–H and O–H groups in total. The standard InChI is InChI=1S/C14H22N2O2S/c1-3-14(15)12-5-4-6-13(9-12)19(17,18)16-10(2)11-7-8-11/h4-6,9-11,14,16H,3,7-8,15H2,1-2H3. The lowest BCUT2D eigenvalue weighted by Crippen LogP contribution is -2.34. The normalized spacial score (nSPS) is 19.1. The topological polar surface area (TPSA) is 72.2 Å². The van der Waals surface area contributed by atoms with E-state index in [1.807, 2.05) is 19.9 Å². The highest BCUT2D eigenvalue weighted by Crippen LogP contribution is 2.33. The molecule has 0 aromatic heterocycles. The Bertz CT molecular complexity index is 538. The SMILES string of the molecule is CCC(N)c1cccc(S(=O)(=O)NC(C)C2CC2)c1. The first-order valence-corrected chi connectivity index (χ1v) is 8.30. The molecule has 1 fully saturated rings. The maximum absolute atomic E-state index is 12.3. The Hall–Kier alpha value is -0.910. The molecule has 1 aliphatic rings. The van der Waals surface area contributed by atoms with Crippen LogP contribution in [0.1, 0.15) is 44.7 Å². The molecule has 0 bridgehead atoms. The van der Waals surface area contributed by atoms with Gasteiger partial charge in [0.25, 0.3) is 0 Å². The van der Waals surface area contributed by atoms with Gasteiger partial charge in [-0.15, -0.1) is 0 Å².